The van der Waals surface area contributed by atoms with Crippen molar-refractivity contribution in [2.24, 2.45) is 5.73 Å². The molecule has 2 N–H and O–H groups in total. The van der Waals surface area contributed by atoms with E-state index in [4.69, 9.17) is 15.2 Å². The molecule has 2 rings (SSSR count). The summed E-state index contributed by atoms with van der Waals surface area (Å²) in [4.78, 5) is 0. The predicted octanol–water partition coefficient (Wildman–Crippen LogP) is 2.77. The molecule has 3 nitrogen and oxygen atoms in total. The second-order valence-corrected chi connectivity index (χ2v) is 5.48. The Labute approximate surface area is 107 Å². The summed E-state index contributed by atoms with van der Waals surface area (Å²) in [6, 6.07) is 3.59. The lowest BCUT2D eigenvalue weighted by Crippen LogP contribution is -2.34. The van der Waals surface area contributed by atoms with Crippen LogP contribution in [0.4, 0.5) is 4.39 Å². The van der Waals surface area contributed by atoms with Crippen LogP contribution in [0.2, 0.25) is 0 Å². The molecular formula is C14H20FNO2. The van der Waals surface area contributed by atoms with E-state index >= 15 is 0 Å². The monoisotopic (exact) mass is 253 g/mol. The minimum absolute atomic E-state index is 0.382. The van der Waals surface area contributed by atoms with Gasteiger partial charge in [0.1, 0.15) is 19.4 Å². The van der Waals surface area contributed by atoms with E-state index in [2.05, 4.69) is 0 Å². The second kappa shape index (κ2) is 4.76. The Morgan fingerprint density at radius 3 is 2.33 bits per heavy atom. The number of hydrogen-bond donors (Lipinski definition) is 1. The molecule has 0 fully saturated rings. The van der Waals surface area contributed by atoms with E-state index in [1.807, 2.05) is 19.9 Å². The first-order valence-corrected chi connectivity index (χ1v) is 6.22. The van der Waals surface area contributed by atoms with Gasteiger partial charge in [-0.15, -0.1) is 0 Å². The number of halogens is 1. The van der Waals surface area contributed by atoms with Gasteiger partial charge in [-0.3, -0.25) is 0 Å². The van der Waals surface area contributed by atoms with Crippen molar-refractivity contribution in [3.05, 3.63) is 23.3 Å². The number of alkyl halides is 1. The van der Waals surface area contributed by atoms with Gasteiger partial charge in [0, 0.05) is 5.54 Å². The van der Waals surface area contributed by atoms with Crippen molar-refractivity contribution < 1.29 is 13.9 Å². The van der Waals surface area contributed by atoms with Gasteiger partial charge >= 0.3 is 0 Å². The number of benzene rings is 1. The third kappa shape index (κ3) is 2.93. The van der Waals surface area contributed by atoms with Crippen molar-refractivity contribution in [3.8, 4) is 11.5 Å². The molecule has 0 radical (unpaired) electrons. The standard InChI is InChI=1S/C14H20FNO2/c1-9(15)11-7-13-12(17-4-5-18-13)6-10(11)8-14(2,3)16/h6-7,9H,4-5,8,16H2,1-3H3. The second-order valence-electron chi connectivity index (χ2n) is 5.48. The van der Waals surface area contributed by atoms with E-state index in [1.165, 1.54) is 6.92 Å². The van der Waals surface area contributed by atoms with Crippen LogP contribution in [-0.4, -0.2) is 18.8 Å². The fraction of sp³-hybridized carbons (Fsp3) is 0.571. The van der Waals surface area contributed by atoms with Crippen LogP contribution in [0.5, 0.6) is 11.5 Å². The van der Waals surface area contributed by atoms with Gasteiger partial charge in [-0.1, -0.05) is 0 Å². The molecule has 1 heterocycles. The summed E-state index contributed by atoms with van der Waals surface area (Å²) in [5.41, 5.74) is 7.16. The van der Waals surface area contributed by atoms with E-state index < -0.39 is 6.17 Å². The first-order chi connectivity index (χ1) is 8.37. The van der Waals surface area contributed by atoms with Crippen molar-refractivity contribution in [2.75, 3.05) is 13.2 Å². The minimum atomic E-state index is -1.04. The first kappa shape index (κ1) is 13.1. The maximum absolute atomic E-state index is 13.7. The number of hydrogen-bond acceptors (Lipinski definition) is 3. The zero-order valence-corrected chi connectivity index (χ0v) is 11.1. The SMILES string of the molecule is CC(F)c1cc2c(cc1CC(C)(C)N)OCCO2. The molecule has 0 saturated carbocycles. The van der Waals surface area contributed by atoms with E-state index in [-0.39, 0.29) is 5.54 Å². The van der Waals surface area contributed by atoms with Crippen LogP contribution >= 0.6 is 0 Å². The van der Waals surface area contributed by atoms with Crippen LogP contribution in [0.15, 0.2) is 12.1 Å². The molecule has 1 aromatic carbocycles. The lowest BCUT2D eigenvalue weighted by molar-refractivity contribution is 0.170. The average Bonchev–Trinajstić information content (AvgIpc) is 2.25. The van der Waals surface area contributed by atoms with Gasteiger partial charge in [0.2, 0.25) is 0 Å². The summed E-state index contributed by atoms with van der Waals surface area (Å²) in [7, 11) is 0. The topological polar surface area (TPSA) is 44.5 Å². The number of nitrogens with two attached hydrogens (primary N) is 1. The molecule has 100 valence electrons. The number of rotatable bonds is 3. The Balaban J connectivity index is 2.42. The van der Waals surface area contributed by atoms with Crippen molar-refractivity contribution in [1.29, 1.82) is 0 Å². The fourth-order valence-corrected chi connectivity index (χ4v) is 2.16. The predicted molar refractivity (Wildman–Crippen MR) is 68.9 cm³/mol. The van der Waals surface area contributed by atoms with Crippen molar-refractivity contribution >= 4 is 0 Å². The zero-order valence-electron chi connectivity index (χ0n) is 11.1. The maximum Gasteiger partial charge on any atom is 0.161 e. The summed E-state index contributed by atoms with van der Waals surface area (Å²) >= 11 is 0. The molecule has 0 spiro atoms. The Bertz CT molecular complexity index is 438. The van der Waals surface area contributed by atoms with Crippen LogP contribution in [0.3, 0.4) is 0 Å². The van der Waals surface area contributed by atoms with Crippen LogP contribution in [0, 0.1) is 0 Å². The highest BCUT2D eigenvalue weighted by atomic mass is 19.1. The van der Waals surface area contributed by atoms with Gasteiger partial charge in [-0.05, 0) is 50.5 Å². The quantitative estimate of drug-likeness (QED) is 0.900. The van der Waals surface area contributed by atoms with E-state index in [0.717, 1.165) is 5.56 Å². The highest BCUT2D eigenvalue weighted by Gasteiger charge is 2.22. The van der Waals surface area contributed by atoms with Crippen molar-refractivity contribution in [1.82, 2.24) is 0 Å². The molecule has 4 heteroatoms. The van der Waals surface area contributed by atoms with Gasteiger partial charge in [-0.25, -0.2) is 4.39 Å². The van der Waals surface area contributed by atoms with Crippen LogP contribution in [0.25, 0.3) is 0 Å². The molecule has 1 aromatic rings. The Morgan fingerprint density at radius 1 is 1.28 bits per heavy atom. The Hall–Kier alpha value is -1.29. The molecule has 1 unspecified atom stereocenters. The summed E-state index contributed by atoms with van der Waals surface area (Å²) in [6.07, 6.45) is -0.439. The molecular weight excluding hydrogens is 233 g/mol. The molecule has 0 aliphatic carbocycles. The summed E-state index contributed by atoms with van der Waals surface area (Å²) in [5.74, 6) is 1.31. The van der Waals surface area contributed by atoms with Gasteiger partial charge in [0.25, 0.3) is 0 Å². The van der Waals surface area contributed by atoms with Gasteiger partial charge in [0.05, 0.1) is 0 Å². The van der Waals surface area contributed by atoms with Crippen LogP contribution < -0.4 is 15.2 Å². The van der Waals surface area contributed by atoms with Crippen LogP contribution in [0.1, 0.15) is 38.1 Å². The van der Waals surface area contributed by atoms with Crippen molar-refractivity contribution in [2.45, 2.75) is 38.9 Å². The molecule has 0 aromatic heterocycles. The first-order valence-electron chi connectivity index (χ1n) is 6.22. The van der Waals surface area contributed by atoms with Crippen molar-refractivity contribution in [3.63, 3.8) is 0 Å². The maximum atomic E-state index is 13.7. The minimum Gasteiger partial charge on any atom is -0.486 e. The third-order valence-electron chi connectivity index (χ3n) is 2.88. The smallest absolute Gasteiger partial charge is 0.161 e. The average molecular weight is 253 g/mol. The fourth-order valence-electron chi connectivity index (χ4n) is 2.16. The Morgan fingerprint density at radius 2 is 1.83 bits per heavy atom. The molecule has 1 aliphatic rings. The lowest BCUT2D eigenvalue weighted by atomic mass is 9.91. The molecule has 1 atom stereocenters. The summed E-state index contributed by atoms with van der Waals surface area (Å²) in [5, 5.41) is 0. The van der Waals surface area contributed by atoms with E-state index in [0.29, 0.717) is 36.7 Å². The zero-order chi connectivity index (χ0) is 13.3. The molecule has 0 saturated heterocycles. The van der Waals surface area contributed by atoms with Gasteiger partial charge in [0.15, 0.2) is 11.5 Å². The number of ether oxygens (including phenoxy) is 2. The molecule has 0 bridgehead atoms. The summed E-state index contributed by atoms with van der Waals surface area (Å²) < 4.78 is 24.7. The van der Waals surface area contributed by atoms with Gasteiger partial charge < -0.3 is 15.2 Å². The van der Waals surface area contributed by atoms with Crippen LogP contribution in [-0.2, 0) is 6.42 Å². The van der Waals surface area contributed by atoms with E-state index in [1.54, 1.807) is 6.07 Å². The molecule has 0 amide bonds. The highest BCUT2D eigenvalue weighted by molar-refractivity contribution is 5.49. The Kier molecular flexibility index (Phi) is 3.48. The third-order valence-corrected chi connectivity index (χ3v) is 2.88. The largest absolute Gasteiger partial charge is 0.486 e. The highest BCUT2D eigenvalue weighted by Crippen LogP contribution is 2.37. The molecule has 18 heavy (non-hydrogen) atoms. The number of fused-ring (bicyclic) bond motifs is 1. The lowest BCUT2D eigenvalue weighted by Gasteiger charge is -2.25. The summed E-state index contributed by atoms with van der Waals surface area (Å²) in [6.45, 7) is 6.42. The molecule has 1 aliphatic heterocycles. The van der Waals surface area contributed by atoms with E-state index in [9.17, 15) is 4.39 Å². The normalized spacial score (nSPS) is 16.5. The van der Waals surface area contributed by atoms with Gasteiger partial charge in [-0.2, -0.15) is 0 Å².